The molecule has 1 rings (SSSR count). The van der Waals surface area contributed by atoms with Gasteiger partial charge in [0.05, 0.1) is 19.3 Å². The maximum atomic E-state index is 11.6. The van der Waals surface area contributed by atoms with Gasteiger partial charge in [0, 0.05) is 6.54 Å². The number of rotatable bonds is 7. The lowest BCUT2D eigenvalue weighted by Crippen LogP contribution is -2.41. The molecule has 0 aliphatic carbocycles. The second-order valence-corrected chi connectivity index (χ2v) is 4.60. The minimum atomic E-state index is -0.723. The largest absolute Gasteiger partial charge is 0.453 e. The Morgan fingerprint density at radius 2 is 1.58 bits per heavy atom. The molecule has 10 heteroatoms. The number of amides is 3. The molecule has 0 atom stereocenters. The Balaban J connectivity index is 2.29. The van der Waals surface area contributed by atoms with Crippen molar-refractivity contribution in [3.8, 4) is 0 Å². The van der Waals surface area contributed by atoms with E-state index in [1.54, 1.807) is 24.3 Å². The third-order valence-electron chi connectivity index (χ3n) is 2.71. The number of ether oxygens (including phenoxy) is 1. The second-order valence-electron chi connectivity index (χ2n) is 4.60. The number of hydrogen-bond acceptors (Lipinski definition) is 5. The van der Waals surface area contributed by atoms with E-state index < -0.39 is 12.0 Å². The van der Waals surface area contributed by atoms with Crippen LogP contribution in [-0.2, 0) is 20.9 Å². The monoisotopic (exact) mass is 336 g/mol. The van der Waals surface area contributed by atoms with E-state index in [2.05, 4.69) is 25.7 Å². The third kappa shape index (κ3) is 7.64. The van der Waals surface area contributed by atoms with Crippen molar-refractivity contribution in [1.82, 2.24) is 16.0 Å². The van der Waals surface area contributed by atoms with Crippen molar-refractivity contribution in [2.45, 2.75) is 6.54 Å². The van der Waals surface area contributed by atoms with E-state index in [9.17, 15) is 14.4 Å². The van der Waals surface area contributed by atoms with Crippen LogP contribution in [-0.4, -0.2) is 44.1 Å². The van der Waals surface area contributed by atoms with E-state index in [0.717, 1.165) is 5.56 Å². The topological polar surface area (TPSA) is 161 Å². The predicted octanol–water partition coefficient (Wildman–Crippen LogP) is -1.32. The van der Waals surface area contributed by atoms with Crippen LogP contribution in [0, 0.1) is 0 Å². The normalized spacial score (nSPS) is 9.54. The van der Waals surface area contributed by atoms with Gasteiger partial charge in [-0.05, 0) is 17.7 Å². The zero-order valence-electron chi connectivity index (χ0n) is 13.2. The standard InChI is InChI=1S/C14H20N6O4/c1-24-14(23)19-8-12(22)18-7-11(21)17-6-9-2-4-10(5-3-9)20-13(15)16/h2-5H,6-8H2,1H3,(H,17,21)(H,18,22)(H,19,23)(H4,15,16,20). The lowest BCUT2D eigenvalue weighted by atomic mass is 10.2. The van der Waals surface area contributed by atoms with Crippen LogP contribution in [0.15, 0.2) is 29.3 Å². The van der Waals surface area contributed by atoms with Crippen LogP contribution >= 0.6 is 0 Å². The highest BCUT2D eigenvalue weighted by atomic mass is 16.5. The fraction of sp³-hybridized carbons (Fsp3) is 0.286. The van der Waals surface area contributed by atoms with Gasteiger partial charge in [0.2, 0.25) is 11.8 Å². The van der Waals surface area contributed by atoms with Crippen LogP contribution < -0.4 is 27.4 Å². The number of carbonyl (C=O) groups excluding carboxylic acids is 3. The van der Waals surface area contributed by atoms with Crippen molar-refractivity contribution < 1.29 is 19.1 Å². The third-order valence-corrected chi connectivity index (χ3v) is 2.71. The van der Waals surface area contributed by atoms with Crippen molar-refractivity contribution in [1.29, 1.82) is 0 Å². The van der Waals surface area contributed by atoms with Gasteiger partial charge in [-0.15, -0.1) is 0 Å². The number of aliphatic imine (C=N–C) groups is 1. The highest BCUT2D eigenvalue weighted by molar-refractivity contribution is 5.87. The number of nitrogens with two attached hydrogens (primary N) is 2. The predicted molar refractivity (Wildman–Crippen MR) is 87.2 cm³/mol. The average Bonchev–Trinajstić information content (AvgIpc) is 2.56. The molecule has 0 saturated carbocycles. The summed E-state index contributed by atoms with van der Waals surface area (Å²) in [6.45, 7) is -0.183. The van der Waals surface area contributed by atoms with E-state index >= 15 is 0 Å². The number of nitrogens with one attached hydrogen (secondary N) is 3. The van der Waals surface area contributed by atoms with Gasteiger partial charge < -0.3 is 32.2 Å². The van der Waals surface area contributed by atoms with Crippen LogP contribution in [0.25, 0.3) is 0 Å². The Hall–Kier alpha value is -3.30. The van der Waals surface area contributed by atoms with Crippen LogP contribution in [0.4, 0.5) is 10.5 Å². The molecule has 0 aliphatic heterocycles. The van der Waals surface area contributed by atoms with E-state index in [4.69, 9.17) is 11.5 Å². The summed E-state index contributed by atoms with van der Waals surface area (Å²) in [5.74, 6) is -0.902. The molecule has 0 heterocycles. The minimum Gasteiger partial charge on any atom is -0.453 e. The molecule has 1 aromatic carbocycles. The molecule has 0 aromatic heterocycles. The van der Waals surface area contributed by atoms with Gasteiger partial charge in [-0.25, -0.2) is 9.79 Å². The second kappa shape index (κ2) is 9.66. The number of methoxy groups -OCH3 is 1. The summed E-state index contributed by atoms with van der Waals surface area (Å²) in [7, 11) is 1.19. The molecule has 0 radical (unpaired) electrons. The molecule has 0 spiro atoms. The quantitative estimate of drug-likeness (QED) is 0.306. The van der Waals surface area contributed by atoms with Crippen molar-refractivity contribution in [2.75, 3.05) is 20.2 Å². The Bertz CT molecular complexity index is 610. The molecule has 3 amide bonds. The molecule has 1 aromatic rings. The summed E-state index contributed by atoms with van der Waals surface area (Å²) in [5, 5.41) is 7.20. The first-order chi connectivity index (χ1) is 11.4. The molecular weight excluding hydrogens is 316 g/mol. The number of nitrogens with zero attached hydrogens (tertiary/aromatic N) is 1. The van der Waals surface area contributed by atoms with Crippen LogP contribution in [0.5, 0.6) is 0 Å². The summed E-state index contributed by atoms with van der Waals surface area (Å²) in [6.07, 6.45) is -0.723. The van der Waals surface area contributed by atoms with Crippen molar-refractivity contribution in [3.63, 3.8) is 0 Å². The van der Waals surface area contributed by atoms with Crippen LogP contribution in [0.3, 0.4) is 0 Å². The van der Waals surface area contributed by atoms with Crippen LogP contribution in [0.2, 0.25) is 0 Å². The number of alkyl carbamates (subject to hydrolysis) is 1. The summed E-state index contributed by atoms with van der Waals surface area (Å²) in [4.78, 5) is 37.7. The Morgan fingerprint density at radius 3 is 2.17 bits per heavy atom. The summed E-state index contributed by atoms with van der Waals surface area (Å²) < 4.78 is 4.31. The molecule has 24 heavy (non-hydrogen) atoms. The highest BCUT2D eigenvalue weighted by Crippen LogP contribution is 2.12. The maximum Gasteiger partial charge on any atom is 0.407 e. The summed E-state index contributed by atoms with van der Waals surface area (Å²) >= 11 is 0. The minimum absolute atomic E-state index is 0.0338. The molecule has 0 unspecified atom stereocenters. The maximum absolute atomic E-state index is 11.6. The van der Waals surface area contributed by atoms with E-state index in [-0.39, 0.29) is 31.5 Å². The Kier molecular flexibility index (Phi) is 7.55. The lowest BCUT2D eigenvalue weighted by Gasteiger charge is -2.08. The molecule has 0 saturated heterocycles. The molecule has 0 aliphatic rings. The zero-order valence-corrected chi connectivity index (χ0v) is 13.2. The fourth-order valence-corrected chi connectivity index (χ4v) is 1.57. The highest BCUT2D eigenvalue weighted by Gasteiger charge is 2.07. The molecule has 0 bridgehead atoms. The van der Waals surface area contributed by atoms with Gasteiger partial charge in [-0.1, -0.05) is 12.1 Å². The number of hydrogen-bond donors (Lipinski definition) is 5. The first-order valence-electron chi connectivity index (χ1n) is 6.94. The van der Waals surface area contributed by atoms with Crippen molar-refractivity contribution in [2.24, 2.45) is 16.5 Å². The van der Waals surface area contributed by atoms with Gasteiger partial charge >= 0.3 is 6.09 Å². The van der Waals surface area contributed by atoms with E-state index in [1.165, 1.54) is 7.11 Å². The number of guanidine groups is 1. The van der Waals surface area contributed by atoms with Gasteiger partial charge in [-0.2, -0.15) is 0 Å². The average molecular weight is 336 g/mol. The first-order valence-corrected chi connectivity index (χ1v) is 6.94. The van der Waals surface area contributed by atoms with Crippen LogP contribution in [0.1, 0.15) is 5.56 Å². The van der Waals surface area contributed by atoms with Crippen molar-refractivity contribution >= 4 is 29.6 Å². The first kappa shape index (κ1) is 18.7. The van der Waals surface area contributed by atoms with Gasteiger partial charge in [0.25, 0.3) is 0 Å². The number of benzene rings is 1. The van der Waals surface area contributed by atoms with Gasteiger partial charge in [0.1, 0.15) is 6.54 Å². The van der Waals surface area contributed by atoms with E-state index in [0.29, 0.717) is 5.69 Å². The molecule has 10 nitrogen and oxygen atoms in total. The summed E-state index contributed by atoms with van der Waals surface area (Å²) in [5.41, 5.74) is 12.0. The molecule has 7 N–H and O–H groups in total. The Labute approximate surface area is 138 Å². The number of carbonyl (C=O) groups is 3. The zero-order chi connectivity index (χ0) is 17.9. The lowest BCUT2D eigenvalue weighted by molar-refractivity contribution is -0.125. The Morgan fingerprint density at radius 1 is 1.00 bits per heavy atom. The molecule has 0 fully saturated rings. The summed E-state index contributed by atoms with van der Waals surface area (Å²) in [6, 6.07) is 6.95. The SMILES string of the molecule is COC(=O)NCC(=O)NCC(=O)NCc1ccc(N=C(N)N)cc1. The smallest absolute Gasteiger partial charge is 0.407 e. The van der Waals surface area contributed by atoms with Gasteiger partial charge in [0.15, 0.2) is 5.96 Å². The molecule has 130 valence electrons. The fourth-order valence-electron chi connectivity index (χ4n) is 1.57. The van der Waals surface area contributed by atoms with Gasteiger partial charge in [-0.3, -0.25) is 9.59 Å². The molecular formula is C14H20N6O4. The van der Waals surface area contributed by atoms with Crippen molar-refractivity contribution in [3.05, 3.63) is 29.8 Å². The van der Waals surface area contributed by atoms with E-state index in [1.807, 2.05) is 0 Å².